The molecule has 1 aromatic heterocycles. The third-order valence-electron chi connectivity index (χ3n) is 2.46. The number of rotatable bonds is 2. The van der Waals surface area contributed by atoms with Crippen LogP contribution in [-0.4, -0.2) is 10.2 Å². The third-order valence-corrected chi connectivity index (χ3v) is 3.10. The molecule has 0 aliphatic rings. The van der Waals surface area contributed by atoms with Crippen molar-refractivity contribution >= 4 is 21.7 Å². The number of nitrogen functional groups attached to an aromatic ring is 1. The lowest BCUT2D eigenvalue weighted by Gasteiger charge is -2.08. The van der Waals surface area contributed by atoms with E-state index in [1.807, 2.05) is 0 Å². The first-order valence-corrected chi connectivity index (χ1v) is 6.09. The average molecular weight is 332 g/mol. The minimum absolute atomic E-state index is 0.243. The highest BCUT2D eigenvalue weighted by atomic mass is 79.9. The second kappa shape index (κ2) is 5.16. The van der Waals surface area contributed by atoms with Crippen LogP contribution in [0.3, 0.4) is 0 Å². The molecule has 0 atom stereocenters. The summed E-state index contributed by atoms with van der Waals surface area (Å²) >= 11 is 3.20. The summed E-state index contributed by atoms with van der Waals surface area (Å²) in [6.07, 6.45) is -4.08. The van der Waals surface area contributed by atoms with Gasteiger partial charge in [0.25, 0.3) is 0 Å². The highest BCUT2D eigenvalue weighted by Crippen LogP contribution is 2.30. The zero-order chi connectivity index (χ0) is 14.0. The van der Waals surface area contributed by atoms with E-state index in [4.69, 9.17) is 5.73 Å². The van der Waals surface area contributed by atoms with Crippen LogP contribution in [-0.2, 0) is 12.6 Å². The van der Waals surface area contributed by atoms with Crippen LogP contribution in [0.1, 0.15) is 16.8 Å². The highest BCUT2D eigenvalue weighted by molar-refractivity contribution is 9.10. The van der Waals surface area contributed by atoms with E-state index in [-0.39, 0.29) is 12.2 Å². The fourth-order valence-electron chi connectivity index (χ4n) is 1.57. The molecule has 1 heterocycles. The molecule has 1 aromatic carbocycles. The van der Waals surface area contributed by atoms with Gasteiger partial charge >= 0.3 is 6.18 Å². The van der Waals surface area contributed by atoms with Crippen molar-refractivity contribution < 1.29 is 13.2 Å². The Labute approximate surface area is 115 Å². The maximum absolute atomic E-state index is 12.6. The van der Waals surface area contributed by atoms with E-state index in [0.717, 1.165) is 12.1 Å². The van der Waals surface area contributed by atoms with E-state index < -0.39 is 11.7 Å². The number of anilines is 1. The molecule has 7 heteroatoms. The largest absolute Gasteiger partial charge is 0.416 e. The molecule has 2 aromatic rings. The van der Waals surface area contributed by atoms with E-state index >= 15 is 0 Å². The van der Waals surface area contributed by atoms with Gasteiger partial charge in [0.15, 0.2) is 5.82 Å². The van der Waals surface area contributed by atoms with Crippen molar-refractivity contribution in [2.75, 3.05) is 5.73 Å². The molecular weight excluding hydrogens is 323 g/mol. The summed E-state index contributed by atoms with van der Waals surface area (Å²) in [5.74, 6) is 0.243. The molecule has 100 valence electrons. The van der Waals surface area contributed by atoms with Crippen molar-refractivity contribution in [3.8, 4) is 0 Å². The molecule has 0 fully saturated rings. The van der Waals surface area contributed by atoms with Gasteiger partial charge in [-0.1, -0.05) is 18.2 Å². The van der Waals surface area contributed by atoms with E-state index in [9.17, 15) is 13.2 Å². The Kier molecular flexibility index (Phi) is 3.75. The Balaban J connectivity index is 2.26. The van der Waals surface area contributed by atoms with Crippen LogP contribution in [0.2, 0.25) is 0 Å². The second-order valence-electron chi connectivity index (χ2n) is 3.94. The molecule has 2 N–H and O–H groups in total. The molecule has 0 saturated carbocycles. The van der Waals surface area contributed by atoms with Crippen molar-refractivity contribution in [2.24, 2.45) is 0 Å². The van der Waals surface area contributed by atoms with Gasteiger partial charge in [-0.2, -0.15) is 18.3 Å². The summed E-state index contributed by atoms with van der Waals surface area (Å²) in [5, 5.41) is 7.54. The van der Waals surface area contributed by atoms with Gasteiger partial charge in [-0.3, -0.25) is 0 Å². The third kappa shape index (κ3) is 3.44. The zero-order valence-corrected chi connectivity index (χ0v) is 11.2. The summed E-state index contributed by atoms with van der Waals surface area (Å²) in [6, 6.07) is 6.77. The van der Waals surface area contributed by atoms with Gasteiger partial charge in [-0.05, 0) is 33.6 Å². The summed E-state index contributed by atoms with van der Waals surface area (Å²) in [6.45, 7) is 0. The fourth-order valence-corrected chi connectivity index (χ4v) is 1.91. The van der Waals surface area contributed by atoms with Crippen LogP contribution in [0.25, 0.3) is 0 Å². The van der Waals surface area contributed by atoms with Gasteiger partial charge in [-0.25, -0.2) is 0 Å². The maximum atomic E-state index is 12.6. The van der Waals surface area contributed by atoms with Crippen LogP contribution in [0.4, 0.5) is 19.0 Å². The maximum Gasteiger partial charge on any atom is 0.416 e. The number of halogens is 4. The van der Waals surface area contributed by atoms with Crippen LogP contribution in [0.5, 0.6) is 0 Å². The van der Waals surface area contributed by atoms with E-state index in [1.165, 1.54) is 6.07 Å². The van der Waals surface area contributed by atoms with Gasteiger partial charge in [-0.15, -0.1) is 5.10 Å². The molecule has 0 spiro atoms. The van der Waals surface area contributed by atoms with Crippen LogP contribution >= 0.6 is 15.9 Å². The van der Waals surface area contributed by atoms with Crippen molar-refractivity contribution in [1.29, 1.82) is 0 Å². The first-order chi connectivity index (χ1) is 8.86. The Hall–Kier alpha value is -1.63. The summed E-state index contributed by atoms with van der Waals surface area (Å²) in [7, 11) is 0. The minimum Gasteiger partial charge on any atom is -0.381 e. The van der Waals surface area contributed by atoms with Gasteiger partial charge in [0.1, 0.15) is 0 Å². The number of hydrogen-bond acceptors (Lipinski definition) is 3. The SMILES string of the molecule is Nc1nnc(Cc2cccc(C(F)(F)F)c2)cc1Br. The standard InChI is InChI=1S/C12H9BrF3N3/c13-10-6-9(18-19-11(10)17)5-7-2-1-3-8(4-7)12(14,15)16/h1-4,6H,5H2,(H2,17,19). The lowest BCUT2D eigenvalue weighted by Crippen LogP contribution is -2.06. The summed E-state index contributed by atoms with van der Waals surface area (Å²) in [5.41, 5.74) is 5.88. The number of benzene rings is 1. The molecule has 2 rings (SSSR count). The van der Waals surface area contributed by atoms with Crippen LogP contribution < -0.4 is 5.73 Å². The van der Waals surface area contributed by atoms with Crippen LogP contribution in [0.15, 0.2) is 34.8 Å². The van der Waals surface area contributed by atoms with Crippen molar-refractivity contribution in [3.63, 3.8) is 0 Å². The number of alkyl halides is 3. The summed E-state index contributed by atoms with van der Waals surface area (Å²) < 4.78 is 38.3. The zero-order valence-electron chi connectivity index (χ0n) is 9.58. The van der Waals surface area contributed by atoms with E-state index in [0.29, 0.717) is 15.7 Å². The monoisotopic (exact) mass is 331 g/mol. The Bertz CT molecular complexity index is 599. The van der Waals surface area contributed by atoms with Gasteiger partial charge in [0.2, 0.25) is 0 Å². The average Bonchev–Trinajstić information content (AvgIpc) is 2.33. The molecule has 3 nitrogen and oxygen atoms in total. The number of nitrogens with zero attached hydrogens (tertiary/aromatic N) is 2. The van der Waals surface area contributed by atoms with Gasteiger partial charge in [0, 0.05) is 6.42 Å². The normalized spacial score (nSPS) is 11.6. The van der Waals surface area contributed by atoms with E-state index in [2.05, 4.69) is 26.1 Å². The Morgan fingerprint density at radius 3 is 2.53 bits per heavy atom. The number of aromatic nitrogens is 2. The predicted octanol–water partition coefficient (Wildman–Crippen LogP) is 3.43. The Morgan fingerprint density at radius 2 is 1.89 bits per heavy atom. The molecule has 19 heavy (non-hydrogen) atoms. The second-order valence-corrected chi connectivity index (χ2v) is 4.80. The number of hydrogen-bond donors (Lipinski definition) is 1. The van der Waals surface area contributed by atoms with Crippen molar-refractivity contribution in [3.05, 3.63) is 51.6 Å². The molecule has 0 radical (unpaired) electrons. The Morgan fingerprint density at radius 1 is 1.16 bits per heavy atom. The van der Waals surface area contributed by atoms with E-state index in [1.54, 1.807) is 12.1 Å². The molecule has 0 aliphatic heterocycles. The predicted molar refractivity (Wildman–Crippen MR) is 68.4 cm³/mol. The molecule has 0 amide bonds. The van der Waals surface area contributed by atoms with Crippen LogP contribution in [0, 0.1) is 0 Å². The molecule has 0 unspecified atom stereocenters. The molecular formula is C12H9BrF3N3. The molecule has 0 aliphatic carbocycles. The summed E-state index contributed by atoms with van der Waals surface area (Å²) in [4.78, 5) is 0. The smallest absolute Gasteiger partial charge is 0.381 e. The fraction of sp³-hybridized carbons (Fsp3) is 0.167. The van der Waals surface area contributed by atoms with Gasteiger partial charge in [0.05, 0.1) is 15.7 Å². The molecule has 0 bridgehead atoms. The van der Waals surface area contributed by atoms with Gasteiger partial charge < -0.3 is 5.73 Å². The topological polar surface area (TPSA) is 51.8 Å². The quantitative estimate of drug-likeness (QED) is 0.917. The first-order valence-electron chi connectivity index (χ1n) is 5.30. The highest BCUT2D eigenvalue weighted by Gasteiger charge is 2.30. The number of nitrogens with two attached hydrogens (primary N) is 1. The first kappa shape index (κ1) is 13.8. The van der Waals surface area contributed by atoms with Crippen molar-refractivity contribution in [1.82, 2.24) is 10.2 Å². The molecule has 0 saturated heterocycles. The minimum atomic E-state index is -4.34. The lowest BCUT2D eigenvalue weighted by atomic mass is 10.1. The lowest BCUT2D eigenvalue weighted by molar-refractivity contribution is -0.137. The van der Waals surface area contributed by atoms with Crippen molar-refractivity contribution in [2.45, 2.75) is 12.6 Å².